The van der Waals surface area contributed by atoms with Crippen LogP contribution in [-0.4, -0.2) is 16.9 Å². The van der Waals surface area contributed by atoms with Crippen LogP contribution < -0.4 is 5.32 Å². The van der Waals surface area contributed by atoms with E-state index in [4.69, 9.17) is 11.6 Å². The quantitative estimate of drug-likeness (QED) is 0.844. The van der Waals surface area contributed by atoms with Gasteiger partial charge in [-0.2, -0.15) is 0 Å². The van der Waals surface area contributed by atoms with Gasteiger partial charge in [-0.15, -0.1) is 11.6 Å². The van der Waals surface area contributed by atoms with Crippen LogP contribution in [0.5, 0.6) is 0 Å². The zero-order valence-corrected chi connectivity index (χ0v) is 11.8. The molecule has 94 valence electrons. The minimum Gasteiger partial charge on any atom is -0.367 e. The molecule has 1 aromatic heterocycles. The number of aromatic nitrogens is 1. The Hall–Kier alpha value is -0.350. The maximum Gasteiger partial charge on any atom is 0.166 e. The van der Waals surface area contributed by atoms with E-state index in [1.54, 1.807) is 6.20 Å². The number of hydrogen-bond acceptors (Lipinski definition) is 2. The van der Waals surface area contributed by atoms with Crippen LogP contribution in [0.2, 0.25) is 0 Å². The van der Waals surface area contributed by atoms with Gasteiger partial charge in [0.2, 0.25) is 0 Å². The number of anilines is 1. The molecule has 0 radical (unpaired) electrons. The maximum atomic E-state index is 13.5. The molecule has 0 aromatic carbocycles. The lowest BCUT2D eigenvalue weighted by atomic mass is 9.89. The van der Waals surface area contributed by atoms with Crippen LogP contribution in [0.4, 0.5) is 10.2 Å². The van der Waals surface area contributed by atoms with Gasteiger partial charge in [0.05, 0.1) is 0 Å². The van der Waals surface area contributed by atoms with Gasteiger partial charge in [0, 0.05) is 22.6 Å². The normalized spacial score (nSPS) is 24.6. The van der Waals surface area contributed by atoms with Crippen LogP contribution >= 0.6 is 27.5 Å². The van der Waals surface area contributed by atoms with Gasteiger partial charge >= 0.3 is 0 Å². The molecule has 0 amide bonds. The summed E-state index contributed by atoms with van der Waals surface area (Å²) in [6.45, 7) is 0.745. The predicted octanol–water partition coefficient (Wildman–Crippen LogP) is 4.19. The molecule has 0 aliphatic heterocycles. The molecule has 1 heterocycles. The van der Waals surface area contributed by atoms with Gasteiger partial charge in [-0.3, -0.25) is 0 Å². The highest BCUT2D eigenvalue weighted by molar-refractivity contribution is 9.10. The third-order valence-electron chi connectivity index (χ3n) is 3.08. The minimum absolute atomic E-state index is 0.276. The van der Waals surface area contributed by atoms with Crippen molar-refractivity contribution in [1.82, 2.24) is 4.98 Å². The van der Waals surface area contributed by atoms with E-state index in [1.165, 1.54) is 6.07 Å². The Bertz CT molecular complexity index is 389. The molecular weight excluding hydrogens is 307 g/mol. The molecule has 17 heavy (non-hydrogen) atoms. The van der Waals surface area contributed by atoms with Crippen LogP contribution in [0.1, 0.15) is 25.7 Å². The molecule has 1 aromatic rings. The fourth-order valence-electron chi connectivity index (χ4n) is 2.20. The summed E-state index contributed by atoms with van der Waals surface area (Å²) in [5, 5.41) is 3.34. The van der Waals surface area contributed by atoms with Gasteiger partial charge in [-0.05, 0) is 47.2 Å². The first-order valence-corrected chi connectivity index (χ1v) is 7.07. The third-order valence-corrected chi connectivity index (χ3v) is 3.91. The number of pyridine rings is 1. The Morgan fingerprint density at radius 1 is 1.53 bits per heavy atom. The van der Waals surface area contributed by atoms with Crippen LogP contribution in [-0.2, 0) is 0 Å². The number of hydrogen-bond donors (Lipinski definition) is 1. The molecule has 1 aliphatic carbocycles. The lowest BCUT2D eigenvalue weighted by Gasteiger charge is -2.25. The molecule has 2 atom stereocenters. The van der Waals surface area contributed by atoms with E-state index < -0.39 is 0 Å². The third kappa shape index (κ3) is 3.81. The molecule has 2 unspecified atom stereocenters. The highest BCUT2D eigenvalue weighted by Gasteiger charge is 2.20. The summed E-state index contributed by atoms with van der Waals surface area (Å²) in [4.78, 5) is 4.02. The van der Waals surface area contributed by atoms with Gasteiger partial charge < -0.3 is 5.32 Å². The van der Waals surface area contributed by atoms with Crippen molar-refractivity contribution in [3.63, 3.8) is 0 Å². The molecule has 1 N–H and O–H groups in total. The topological polar surface area (TPSA) is 24.9 Å². The van der Waals surface area contributed by atoms with E-state index in [-0.39, 0.29) is 11.2 Å². The number of nitrogens with zero attached hydrogens (tertiary/aromatic N) is 1. The number of rotatable bonds is 3. The average Bonchev–Trinajstić information content (AvgIpc) is 2.28. The highest BCUT2D eigenvalue weighted by atomic mass is 79.9. The molecule has 0 spiro atoms. The summed E-state index contributed by atoms with van der Waals surface area (Å²) in [7, 11) is 0. The van der Waals surface area contributed by atoms with Crippen LogP contribution in [0.25, 0.3) is 0 Å². The molecule has 2 rings (SSSR count). The predicted molar refractivity (Wildman–Crippen MR) is 72.0 cm³/mol. The molecule has 5 heteroatoms. The first kappa shape index (κ1) is 13.1. The van der Waals surface area contributed by atoms with Gasteiger partial charge in [-0.1, -0.05) is 6.42 Å². The van der Waals surface area contributed by atoms with Crippen LogP contribution in [0, 0.1) is 11.7 Å². The summed E-state index contributed by atoms with van der Waals surface area (Å²) in [5.41, 5.74) is 0. The summed E-state index contributed by atoms with van der Waals surface area (Å²) in [6.07, 6.45) is 6.03. The number of nitrogens with one attached hydrogen (secondary N) is 1. The van der Waals surface area contributed by atoms with E-state index in [9.17, 15) is 4.39 Å². The van der Waals surface area contributed by atoms with E-state index in [2.05, 4.69) is 26.2 Å². The Morgan fingerprint density at radius 3 is 3.06 bits per heavy atom. The van der Waals surface area contributed by atoms with Crippen molar-refractivity contribution in [3.05, 3.63) is 22.6 Å². The van der Waals surface area contributed by atoms with Gasteiger partial charge in [-0.25, -0.2) is 9.37 Å². The van der Waals surface area contributed by atoms with Crippen molar-refractivity contribution in [3.8, 4) is 0 Å². The van der Waals surface area contributed by atoms with E-state index in [0.717, 1.165) is 32.2 Å². The smallest absolute Gasteiger partial charge is 0.166 e. The Labute approximate surface area is 114 Å². The summed E-state index contributed by atoms with van der Waals surface area (Å²) in [6, 6.07) is 1.42. The molecule has 1 saturated carbocycles. The Morgan fingerprint density at radius 2 is 2.35 bits per heavy atom. The maximum absolute atomic E-state index is 13.5. The number of alkyl halides is 1. The molecule has 0 bridgehead atoms. The van der Waals surface area contributed by atoms with E-state index in [0.29, 0.717) is 16.2 Å². The lowest BCUT2D eigenvalue weighted by Crippen LogP contribution is -2.23. The van der Waals surface area contributed by atoms with Gasteiger partial charge in [0.15, 0.2) is 11.6 Å². The molecule has 0 saturated heterocycles. The summed E-state index contributed by atoms with van der Waals surface area (Å²) in [5.74, 6) is 0.526. The van der Waals surface area contributed by atoms with Gasteiger partial charge in [0.1, 0.15) is 0 Å². The zero-order chi connectivity index (χ0) is 12.3. The fourth-order valence-corrected chi connectivity index (χ4v) is 2.91. The Kier molecular flexibility index (Phi) is 4.62. The largest absolute Gasteiger partial charge is 0.367 e. The van der Waals surface area contributed by atoms with E-state index >= 15 is 0 Å². The first-order chi connectivity index (χ1) is 8.15. The van der Waals surface area contributed by atoms with Crippen molar-refractivity contribution in [2.75, 3.05) is 11.9 Å². The lowest BCUT2D eigenvalue weighted by molar-refractivity contribution is 0.378. The van der Waals surface area contributed by atoms with Crippen LogP contribution in [0.3, 0.4) is 0 Å². The van der Waals surface area contributed by atoms with Crippen molar-refractivity contribution in [2.24, 2.45) is 5.92 Å². The minimum atomic E-state index is -0.322. The molecule has 1 fully saturated rings. The van der Waals surface area contributed by atoms with Crippen molar-refractivity contribution < 1.29 is 4.39 Å². The number of halogens is 3. The molecule has 1 aliphatic rings. The molecular formula is C12H15BrClFN2. The first-order valence-electron chi connectivity index (χ1n) is 5.84. The van der Waals surface area contributed by atoms with Gasteiger partial charge in [0.25, 0.3) is 0 Å². The molecule has 2 nitrogen and oxygen atoms in total. The average molecular weight is 322 g/mol. The highest BCUT2D eigenvalue weighted by Crippen LogP contribution is 2.28. The Balaban J connectivity index is 1.88. The second kappa shape index (κ2) is 6.01. The van der Waals surface area contributed by atoms with Crippen molar-refractivity contribution in [1.29, 1.82) is 0 Å². The fraction of sp³-hybridized carbons (Fsp3) is 0.583. The van der Waals surface area contributed by atoms with Crippen molar-refractivity contribution >= 4 is 33.3 Å². The summed E-state index contributed by atoms with van der Waals surface area (Å²) < 4.78 is 14.2. The second-order valence-electron chi connectivity index (χ2n) is 4.49. The van der Waals surface area contributed by atoms with Crippen molar-refractivity contribution in [2.45, 2.75) is 31.1 Å². The van der Waals surface area contributed by atoms with E-state index in [1.807, 2.05) is 0 Å². The second-order valence-corrected chi connectivity index (χ2v) is 6.03. The zero-order valence-electron chi connectivity index (χ0n) is 9.43. The standard InChI is InChI=1S/C12H15BrClFN2/c13-9-5-11(15)12(17-7-9)16-6-8-2-1-3-10(14)4-8/h5,7-8,10H,1-4,6H2,(H,16,17). The SMILES string of the molecule is Fc1cc(Br)cnc1NCC1CCCC(Cl)C1. The monoisotopic (exact) mass is 320 g/mol. The summed E-state index contributed by atoms with van der Waals surface area (Å²) >= 11 is 9.31. The van der Waals surface area contributed by atoms with Crippen LogP contribution in [0.15, 0.2) is 16.7 Å².